The molecule has 0 aliphatic carbocycles. The zero-order valence-corrected chi connectivity index (χ0v) is 14.1. The van der Waals surface area contributed by atoms with Gasteiger partial charge in [0.1, 0.15) is 22.7 Å². The van der Waals surface area contributed by atoms with Gasteiger partial charge < -0.3 is 0 Å². The van der Waals surface area contributed by atoms with Crippen LogP contribution in [-0.4, -0.2) is 14.8 Å². The molecule has 0 atom stereocenters. The molecule has 2 aromatic heterocycles. The van der Waals surface area contributed by atoms with Gasteiger partial charge in [0.25, 0.3) is 5.56 Å². The highest BCUT2D eigenvalue weighted by molar-refractivity contribution is 5.90. The number of pyridine rings is 1. The molecule has 0 spiro atoms. The molecule has 0 saturated heterocycles. The molecule has 4 aromatic rings. The predicted octanol–water partition coefficient (Wildman–Crippen LogP) is 4.61. The van der Waals surface area contributed by atoms with Crippen molar-refractivity contribution in [2.75, 3.05) is 0 Å². The average molecular weight is 385 g/mol. The Balaban J connectivity index is 2.06. The van der Waals surface area contributed by atoms with E-state index in [2.05, 4.69) is 10.1 Å². The lowest BCUT2D eigenvalue weighted by molar-refractivity contribution is -0.137. The normalized spacial score (nSPS) is 11.7. The fourth-order valence-corrected chi connectivity index (χ4v) is 2.90. The minimum atomic E-state index is -4.54. The molecule has 0 aliphatic heterocycles. The first kappa shape index (κ1) is 17.8. The van der Waals surface area contributed by atoms with Crippen LogP contribution in [0.25, 0.3) is 27.8 Å². The van der Waals surface area contributed by atoms with Crippen LogP contribution in [0.4, 0.5) is 17.6 Å². The van der Waals surface area contributed by atoms with E-state index in [4.69, 9.17) is 0 Å². The second-order valence-corrected chi connectivity index (χ2v) is 6.00. The molecule has 2 aromatic carbocycles. The van der Waals surface area contributed by atoms with E-state index in [0.29, 0.717) is 0 Å². The van der Waals surface area contributed by atoms with Crippen molar-refractivity contribution < 1.29 is 17.6 Å². The minimum Gasteiger partial charge on any atom is -0.267 e. The second-order valence-electron chi connectivity index (χ2n) is 6.00. The van der Waals surface area contributed by atoms with Crippen LogP contribution in [0.15, 0.2) is 71.7 Å². The van der Waals surface area contributed by atoms with Crippen LogP contribution in [0, 0.1) is 5.82 Å². The summed E-state index contributed by atoms with van der Waals surface area (Å²) in [5, 5.41) is 4.28. The van der Waals surface area contributed by atoms with Crippen LogP contribution in [0.1, 0.15) is 5.56 Å². The molecular weight excluding hydrogens is 374 g/mol. The molecule has 0 saturated carbocycles. The van der Waals surface area contributed by atoms with Crippen molar-refractivity contribution in [3.8, 4) is 16.9 Å². The third-order valence-corrected chi connectivity index (χ3v) is 4.20. The Morgan fingerprint density at radius 3 is 2.46 bits per heavy atom. The standard InChI is InChI=1S/C20H11F4N3O/c21-15-8-1-2-9-16(15)27-19(28)14-7-4-10-25-18(14)17(26-27)12-5-3-6-13(11-12)20(22,23)24/h1-11H. The highest BCUT2D eigenvalue weighted by Crippen LogP contribution is 2.33. The third-order valence-electron chi connectivity index (χ3n) is 4.20. The molecule has 140 valence electrons. The number of hydrogen-bond acceptors (Lipinski definition) is 3. The number of hydrogen-bond donors (Lipinski definition) is 0. The van der Waals surface area contributed by atoms with Crippen LogP contribution in [0.2, 0.25) is 0 Å². The molecule has 0 aliphatic rings. The van der Waals surface area contributed by atoms with Gasteiger partial charge in [-0.3, -0.25) is 9.78 Å². The highest BCUT2D eigenvalue weighted by Gasteiger charge is 2.31. The Labute approximate surface area is 155 Å². The lowest BCUT2D eigenvalue weighted by Gasteiger charge is -2.12. The number of halogens is 4. The fourth-order valence-electron chi connectivity index (χ4n) is 2.90. The summed E-state index contributed by atoms with van der Waals surface area (Å²) in [4.78, 5) is 16.9. The Hall–Kier alpha value is -3.55. The smallest absolute Gasteiger partial charge is 0.267 e. The van der Waals surface area contributed by atoms with Crippen molar-refractivity contribution in [1.82, 2.24) is 14.8 Å². The molecular formula is C20H11F4N3O. The average Bonchev–Trinajstić information content (AvgIpc) is 2.69. The third kappa shape index (κ3) is 3.02. The number of fused-ring (bicyclic) bond motifs is 1. The van der Waals surface area contributed by atoms with Crippen molar-refractivity contribution in [3.63, 3.8) is 0 Å². The Morgan fingerprint density at radius 1 is 0.929 bits per heavy atom. The van der Waals surface area contributed by atoms with E-state index in [0.717, 1.165) is 16.8 Å². The van der Waals surface area contributed by atoms with Gasteiger partial charge in [-0.2, -0.15) is 23.0 Å². The lowest BCUT2D eigenvalue weighted by Crippen LogP contribution is -2.23. The first-order chi connectivity index (χ1) is 13.4. The van der Waals surface area contributed by atoms with Gasteiger partial charge in [0, 0.05) is 11.8 Å². The van der Waals surface area contributed by atoms with E-state index < -0.39 is 23.1 Å². The largest absolute Gasteiger partial charge is 0.416 e. The number of benzene rings is 2. The molecule has 0 bridgehead atoms. The van der Waals surface area contributed by atoms with Crippen LogP contribution < -0.4 is 5.56 Å². The molecule has 0 fully saturated rings. The first-order valence-corrected chi connectivity index (χ1v) is 8.17. The summed E-state index contributed by atoms with van der Waals surface area (Å²) in [6.45, 7) is 0. The Bertz CT molecular complexity index is 1250. The van der Waals surface area contributed by atoms with Crippen LogP contribution >= 0.6 is 0 Å². The summed E-state index contributed by atoms with van der Waals surface area (Å²) >= 11 is 0. The zero-order chi connectivity index (χ0) is 19.9. The molecule has 0 radical (unpaired) electrons. The van der Waals surface area contributed by atoms with Crippen molar-refractivity contribution in [3.05, 3.63) is 88.6 Å². The van der Waals surface area contributed by atoms with Gasteiger partial charge in [-0.1, -0.05) is 24.3 Å². The van der Waals surface area contributed by atoms with E-state index in [-0.39, 0.29) is 27.8 Å². The van der Waals surface area contributed by atoms with Gasteiger partial charge in [0.05, 0.1) is 10.9 Å². The van der Waals surface area contributed by atoms with Crippen molar-refractivity contribution >= 4 is 10.9 Å². The number of alkyl halides is 3. The van der Waals surface area contributed by atoms with Crippen molar-refractivity contribution in [2.45, 2.75) is 6.18 Å². The Kier molecular flexibility index (Phi) is 4.18. The van der Waals surface area contributed by atoms with Crippen molar-refractivity contribution in [2.24, 2.45) is 0 Å². The molecule has 0 amide bonds. The summed E-state index contributed by atoms with van der Waals surface area (Å²) in [5.41, 5.74) is -1.29. The summed E-state index contributed by atoms with van der Waals surface area (Å²) in [5.74, 6) is -0.685. The number of aromatic nitrogens is 3. The van der Waals surface area contributed by atoms with Crippen LogP contribution in [0.3, 0.4) is 0 Å². The molecule has 2 heterocycles. The maximum absolute atomic E-state index is 14.2. The van der Waals surface area contributed by atoms with E-state index in [1.54, 1.807) is 0 Å². The quantitative estimate of drug-likeness (QED) is 0.474. The SMILES string of the molecule is O=c1c2cccnc2c(-c2cccc(C(F)(F)F)c2)nn1-c1ccccc1F. The molecule has 4 rings (SSSR count). The van der Waals surface area contributed by atoms with Crippen molar-refractivity contribution in [1.29, 1.82) is 0 Å². The van der Waals surface area contributed by atoms with Gasteiger partial charge in [-0.15, -0.1) is 0 Å². The summed E-state index contributed by atoms with van der Waals surface area (Å²) in [6, 6.07) is 13.0. The molecule has 8 heteroatoms. The number of rotatable bonds is 2. The summed E-state index contributed by atoms with van der Waals surface area (Å²) in [7, 11) is 0. The summed E-state index contributed by atoms with van der Waals surface area (Å²) in [6.07, 6.45) is -3.13. The summed E-state index contributed by atoms with van der Waals surface area (Å²) < 4.78 is 54.4. The van der Waals surface area contributed by atoms with Gasteiger partial charge in [-0.05, 0) is 36.4 Å². The number of para-hydroxylation sites is 1. The topological polar surface area (TPSA) is 47.8 Å². The Morgan fingerprint density at radius 2 is 1.71 bits per heavy atom. The monoisotopic (exact) mass is 385 g/mol. The maximum Gasteiger partial charge on any atom is 0.416 e. The molecule has 4 nitrogen and oxygen atoms in total. The number of nitrogens with zero attached hydrogens (tertiary/aromatic N) is 3. The highest BCUT2D eigenvalue weighted by atomic mass is 19.4. The minimum absolute atomic E-state index is 0.0459. The fraction of sp³-hybridized carbons (Fsp3) is 0.0500. The predicted molar refractivity (Wildman–Crippen MR) is 95.5 cm³/mol. The van der Waals surface area contributed by atoms with Gasteiger partial charge in [-0.25, -0.2) is 4.39 Å². The first-order valence-electron chi connectivity index (χ1n) is 8.17. The molecule has 0 N–H and O–H groups in total. The molecule has 28 heavy (non-hydrogen) atoms. The van der Waals surface area contributed by atoms with Gasteiger partial charge in [0.2, 0.25) is 0 Å². The van der Waals surface area contributed by atoms with E-state index in [1.807, 2.05) is 0 Å². The van der Waals surface area contributed by atoms with E-state index in [1.165, 1.54) is 54.7 Å². The van der Waals surface area contributed by atoms with Crippen LogP contribution in [-0.2, 0) is 6.18 Å². The molecule has 0 unspecified atom stereocenters. The lowest BCUT2D eigenvalue weighted by atomic mass is 10.1. The van der Waals surface area contributed by atoms with E-state index >= 15 is 0 Å². The van der Waals surface area contributed by atoms with Gasteiger partial charge >= 0.3 is 6.18 Å². The van der Waals surface area contributed by atoms with Gasteiger partial charge in [0.15, 0.2) is 0 Å². The maximum atomic E-state index is 14.2. The second kappa shape index (κ2) is 6.56. The van der Waals surface area contributed by atoms with E-state index in [9.17, 15) is 22.4 Å². The van der Waals surface area contributed by atoms with Crippen LogP contribution in [0.5, 0.6) is 0 Å². The zero-order valence-electron chi connectivity index (χ0n) is 14.1.